The number of alkyl halides is 1. The number of aromatic nitrogens is 2. The van der Waals surface area contributed by atoms with Crippen LogP contribution in [0.2, 0.25) is 0 Å². The predicted molar refractivity (Wildman–Crippen MR) is 72.8 cm³/mol. The fraction of sp³-hybridized carbons (Fsp3) is 0.750. The van der Waals surface area contributed by atoms with E-state index in [1.807, 2.05) is 11.7 Å². The molecule has 1 aliphatic rings. The van der Waals surface area contributed by atoms with Crippen LogP contribution in [0, 0.1) is 6.92 Å². The highest BCUT2D eigenvalue weighted by atomic mass is 79.9. The van der Waals surface area contributed by atoms with E-state index in [1.165, 1.54) is 11.4 Å². The Kier molecular flexibility index (Phi) is 3.50. The topological polar surface area (TPSA) is 30.3 Å². The molecule has 1 fully saturated rings. The Bertz CT molecular complexity index is 414. The summed E-state index contributed by atoms with van der Waals surface area (Å²) in [5.74, 6) is 1.22. The van der Waals surface area contributed by atoms with Gasteiger partial charge in [-0.3, -0.25) is 4.68 Å². The number of aryl methyl sites for hydroxylation is 2. The molecule has 0 aromatic carbocycles. The molecule has 5 heteroatoms. The van der Waals surface area contributed by atoms with Crippen molar-refractivity contribution in [2.45, 2.75) is 31.6 Å². The standard InChI is InChI=1S/C12H20BrN3O/c1-9-10(7-13)11(15(4)14-9)16-5-6-17-8-12(16,2)3/h5-8H2,1-4H3. The first-order valence-corrected chi connectivity index (χ1v) is 7.03. The molecule has 0 bridgehead atoms. The number of ether oxygens (including phenoxy) is 1. The fourth-order valence-corrected chi connectivity index (χ4v) is 3.09. The Morgan fingerprint density at radius 3 is 2.76 bits per heavy atom. The van der Waals surface area contributed by atoms with E-state index in [0.717, 1.165) is 30.8 Å². The maximum atomic E-state index is 5.57. The first-order chi connectivity index (χ1) is 7.97. The highest BCUT2D eigenvalue weighted by molar-refractivity contribution is 9.08. The highest BCUT2D eigenvalue weighted by Crippen LogP contribution is 2.32. The summed E-state index contributed by atoms with van der Waals surface area (Å²) in [7, 11) is 2.01. The number of rotatable bonds is 2. The minimum Gasteiger partial charge on any atom is -0.377 e. The molecule has 0 aliphatic carbocycles. The smallest absolute Gasteiger partial charge is 0.131 e. The van der Waals surface area contributed by atoms with E-state index in [-0.39, 0.29) is 5.54 Å². The molecule has 0 spiro atoms. The molecule has 0 unspecified atom stereocenters. The molecule has 1 aromatic rings. The van der Waals surface area contributed by atoms with Crippen LogP contribution in [0.5, 0.6) is 0 Å². The molecule has 0 radical (unpaired) electrons. The van der Waals surface area contributed by atoms with E-state index in [0.29, 0.717) is 0 Å². The molecule has 0 amide bonds. The number of hydrogen-bond acceptors (Lipinski definition) is 3. The molecule has 96 valence electrons. The molecular formula is C12H20BrN3O. The van der Waals surface area contributed by atoms with Crippen molar-refractivity contribution in [2.24, 2.45) is 7.05 Å². The molecule has 17 heavy (non-hydrogen) atoms. The van der Waals surface area contributed by atoms with Crippen molar-refractivity contribution in [2.75, 3.05) is 24.7 Å². The summed E-state index contributed by atoms with van der Waals surface area (Å²) in [6, 6.07) is 0. The Morgan fingerprint density at radius 2 is 2.18 bits per heavy atom. The first kappa shape index (κ1) is 12.9. The second-order valence-electron chi connectivity index (χ2n) is 5.16. The van der Waals surface area contributed by atoms with Gasteiger partial charge < -0.3 is 9.64 Å². The van der Waals surface area contributed by atoms with Crippen molar-refractivity contribution in [3.63, 3.8) is 0 Å². The molecule has 2 heterocycles. The normalized spacial score (nSPS) is 19.7. The van der Waals surface area contributed by atoms with Crippen molar-refractivity contribution in [3.05, 3.63) is 11.3 Å². The number of morpholine rings is 1. The third kappa shape index (κ3) is 2.22. The molecule has 1 aromatic heterocycles. The average Bonchev–Trinajstić information content (AvgIpc) is 2.52. The van der Waals surface area contributed by atoms with Gasteiger partial charge in [0.2, 0.25) is 0 Å². The van der Waals surface area contributed by atoms with Crippen LogP contribution in [0.1, 0.15) is 25.1 Å². The molecule has 2 rings (SSSR count). The van der Waals surface area contributed by atoms with Crippen LogP contribution >= 0.6 is 15.9 Å². The van der Waals surface area contributed by atoms with Gasteiger partial charge >= 0.3 is 0 Å². The van der Waals surface area contributed by atoms with Crippen molar-refractivity contribution < 1.29 is 4.74 Å². The number of halogens is 1. The quantitative estimate of drug-likeness (QED) is 0.785. The monoisotopic (exact) mass is 301 g/mol. The summed E-state index contributed by atoms with van der Waals surface area (Å²) in [4.78, 5) is 2.41. The first-order valence-electron chi connectivity index (χ1n) is 5.91. The van der Waals surface area contributed by atoms with Gasteiger partial charge in [-0.15, -0.1) is 0 Å². The second-order valence-corrected chi connectivity index (χ2v) is 5.72. The third-order valence-electron chi connectivity index (χ3n) is 3.35. The zero-order valence-corrected chi connectivity index (χ0v) is 12.5. The van der Waals surface area contributed by atoms with E-state index in [4.69, 9.17) is 4.74 Å². The Balaban J connectivity index is 2.45. The third-order valence-corrected chi connectivity index (χ3v) is 3.91. The van der Waals surface area contributed by atoms with Crippen LogP contribution in [0.25, 0.3) is 0 Å². The predicted octanol–water partition coefficient (Wildman–Crippen LogP) is 2.24. The zero-order valence-electron chi connectivity index (χ0n) is 11.0. The van der Waals surface area contributed by atoms with Crippen LogP contribution in [0.3, 0.4) is 0 Å². The van der Waals surface area contributed by atoms with Crippen LogP contribution in [-0.2, 0) is 17.1 Å². The van der Waals surface area contributed by atoms with Crippen molar-refractivity contribution >= 4 is 21.7 Å². The van der Waals surface area contributed by atoms with E-state index in [1.54, 1.807) is 0 Å². The second kappa shape index (κ2) is 4.61. The van der Waals surface area contributed by atoms with Gasteiger partial charge in [-0.05, 0) is 20.8 Å². The zero-order chi connectivity index (χ0) is 12.6. The lowest BCUT2D eigenvalue weighted by Gasteiger charge is -2.43. The summed E-state index contributed by atoms with van der Waals surface area (Å²) < 4.78 is 7.56. The summed E-state index contributed by atoms with van der Waals surface area (Å²) in [5.41, 5.74) is 2.40. The van der Waals surface area contributed by atoms with Gasteiger partial charge in [0.25, 0.3) is 0 Å². The molecule has 0 atom stereocenters. The lowest BCUT2D eigenvalue weighted by atomic mass is 10.0. The lowest BCUT2D eigenvalue weighted by Crippen LogP contribution is -2.54. The van der Waals surface area contributed by atoms with Crippen molar-refractivity contribution in [1.29, 1.82) is 0 Å². The van der Waals surface area contributed by atoms with Gasteiger partial charge in [-0.25, -0.2) is 0 Å². The van der Waals surface area contributed by atoms with Crippen LogP contribution < -0.4 is 4.90 Å². The number of hydrogen-bond donors (Lipinski definition) is 0. The fourth-order valence-electron chi connectivity index (χ4n) is 2.43. The minimum atomic E-state index is 0.0232. The maximum Gasteiger partial charge on any atom is 0.131 e. The molecular weight excluding hydrogens is 282 g/mol. The molecule has 0 saturated carbocycles. The Hall–Kier alpha value is -0.550. The summed E-state index contributed by atoms with van der Waals surface area (Å²) >= 11 is 3.57. The Morgan fingerprint density at radius 1 is 1.47 bits per heavy atom. The number of anilines is 1. The SMILES string of the molecule is Cc1nn(C)c(N2CCOCC2(C)C)c1CBr. The summed E-state index contributed by atoms with van der Waals surface area (Å²) in [5, 5.41) is 5.37. The van der Waals surface area contributed by atoms with Crippen LogP contribution in [-0.4, -0.2) is 35.1 Å². The van der Waals surface area contributed by atoms with Crippen LogP contribution in [0.15, 0.2) is 0 Å². The number of nitrogens with zero attached hydrogens (tertiary/aromatic N) is 3. The Labute approximate surface area is 111 Å². The van der Waals surface area contributed by atoms with Gasteiger partial charge in [0.1, 0.15) is 5.82 Å². The molecule has 4 nitrogen and oxygen atoms in total. The summed E-state index contributed by atoms with van der Waals surface area (Å²) in [6.45, 7) is 8.97. The van der Waals surface area contributed by atoms with E-state index < -0.39 is 0 Å². The van der Waals surface area contributed by atoms with Crippen molar-refractivity contribution in [1.82, 2.24) is 9.78 Å². The van der Waals surface area contributed by atoms with Crippen molar-refractivity contribution in [3.8, 4) is 0 Å². The van der Waals surface area contributed by atoms with Gasteiger partial charge in [0.15, 0.2) is 0 Å². The average molecular weight is 302 g/mol. The van der Waals surface area contributed by atoms with E-state index in [2.05, 4.69) is 46.7 Å². The lowest BCUT2D eigenvalue weighted by molar-refractivity contribution is 0.0634. The molecule has 1 saturated heterocycles. The maximum absolute atomic E-state index is 5.57. The minimum absolute atomic E-state index is 0.0232. The van der Waals surface area contributed by atoms with Gasteiger partial charge in [-0.1, -0.05) is 15.9 Å². The highest BCUT2D eigenvalue weighted by Gasteiger charge is 2.34. The molecule has 0 N–H and O–H groups in total. The van der Waals surface area contributed by atoms with Gasteiger partial charge in [0, 0.05) is 24.5 Å². The van der Waals surface area contributed by atoms with E-state index >= 15 is 0 Å². The summed E-state index contributed by atoms with van der Waals surface area (Å²) in [6.07, 6.45) is 0. The van der Waals surface area contributed by atoms with Gasteiger partial charge in [-0.2, -0.15) is 5.10 Å². The van der Waals surface area contributed by atoms with Crippen LogP contribution in [0.4, 0.5) is 5.82 Å². The van der Waals surface area contributed by atoms with E-state index in [9.17, 15) is 0 Å². The largest absolute Gasteiger partial charge is 0.377 e. The van der Waals surface area contributed by atoms with Gasteiger partial charge in [0.05, 0.1) is 24.4 Å². The molecule has 1 aliphatic heterocycles.